The molecular weight excluding hydrogens is 436 g/mol. The number of rotatable bonds is 19. The van der Waals surface area contributed by atoms with Crippen molar-refractivity contribution in [2.45, 2.75) is 31.4 Å². The zero-order valence-electron chi connectivity index (χ0n) is 16.4. The molecule has 184 valence electrons. The molecule has 0 aliphatic heterocycles. The number of hydrogen-bond acceptors (Lipinski definition) is 18. The monoisotopic (exact) mass is 464 g/mol. The van der Waals surface area contributed by atoms with E-state index in [0.29, 0.717) is 0 Å². The third-order valence-corrected chi connectivity index (χ3v) is 3.16. The van der Waals surface area contributed by atoms with Gasteiger partial charge in [-0.3, -0.25) is 40.8 Å². The first kappa shape index (κ1) is 29.4. The van der Waals surface area contributed by atoms with E-state index in [1.165, 1.54) is 0 Å². The second-order valence-corrected chi connectivity index (χ2v) is 5.58. The fourth-order valence-corrected chi connectivity index (χ4v) is 1.83. The maximum Gasteiger partial charge on any atom is 0.326 e. The van der Waals surface area contributed by atoms with E-state index in [4.69, 9.17) is 51.2 Å². The van der Waals surface area contributed by atoms with Gasteiger partial charge in [0, 0.05) is 6.42 Å². The summed E-state index contributed by atoms with van der Waals surface area (Å²) in [5.41, 5.74) is 5.54. The molecule has 0 saturated heterocycles. The molecule has 0 heterocycles. The normalized spacial score (nSPS) is 13.6. The Morgan fingerprint density at radius 1 is 0.806 bits per heavy atom. The Labute approximate surface area is 175 Å². The fraction of sp³-hybridized carbons (Fsp3) is 0.846. The van der Waals surface area contributed by atoms with Crippen molar-refractivity contribution in [1.82, 2.24) is 16.2 Å². The molecule has 0 aromatic heterocycles. The van der Waals surface area contributed by atoms with Gasteiger partial charge in [-0.15, -0.1) is 0 Å². The maximum atomic E-state index is 11.7. The number of carbonyl (C=O) groups is 2. The predicted molar refractivity (Wildman–Crippen MR) is 87.6 cm³/mol. The van der Waals surface area contributed by atoms with Gasteiger partial charge < -0.3 is 19.9 Å². The van der Waals surface area contributed by atoms with Crippen LogP contribution in [0.3, 0.4) is 0 Å². The number of carbonyl (C=O) groups excluding carboxylic acids is 2. The lowest BCUT2D eigenvalue weighted by atomic mass is 10.1. The van der Waals surface area contributed by atoms with Crippen molar-refractivity contribution < 1.29 is 69.6 Å². The summed E-state index contributed by atoms with van der Waals surface area (Å²) in [5.74, 6) is -1.54. The molecule has 31 heavy (non-hydrogen) atoms. The zero-order valence-corrected chi connectivity index (χ0v) is 16.4. The first-order valence-electron chi connectivity index (χ1n) is 8.73. The topological polar surface area (TPSA) is 247 Å². The van der Waals surface area contributed by atoms with Crippen LogP contribution in [0.4, 0.5) is 0 Å². The van der Waals surface area contributed by atoms with Gasteiger partial charge in [0.15, 0.2) is 0 Å². The highest BCUT2D eigenvalue weighted by molar-refractivity contribution is 5.76. The lowest BCUT2D eigenvalue weighted by molar-refractivity contribution is -0.527. The quantitative estimate of drug-likeness (QED) is 0.0619. The molecule has 8 N–H and O–H groups in total. The van der Waals surface area contributed by atoms with Crippen molar-refractivity contribution in [3.05, 3.63) is 0 Å². The van der Waals surface area contributed by atoms with Crippen molar-refractivity contribution in [1.29, 1.82) is 0 Å². The van der Waals surface area contributed by atoms with Crippen molar-refractivity contribution in [3.8, 4) is 0 Å². The van der Waals surface area contributed by atoms with Crippen LogP contribution in [0.2, 0.25) is 0 Å². The summed E-state index contributed by atoms with van der Waals surface area (Å²) in [7, 11) is 0. The Morgan fingerprint density at radius 3 is 2.06 bits per heavy atom. The van der Waals surface area contributed by atoms with Crippen molar-refractivity contribution in [3.63, 3.8) is 0 Å². The van der Waals surface area contributed by atoms with Crippen molar-refractivity contribution in [2.75, 3.05) is 39.6 Å². The van der Waals surface area contributed by atoms with E-state index in [1.807, 2.05) is 0 Å². The molecule has 18 heteroatoms. The smallest absolute Gasteiger partial charge is 0.326 e. The largest absolute Gasteiger partial charge is 0.463 e. The van der Waals surface area contributed by atoms with E-state index in [2.05, 4.69) is 14.5 Å². The molecule has 2 atom stereocenters. The van der Waals surface area contributed by atoms with E-state index in [-0.39, 0.29) is 45.7 Å². The molecule has 0 spiro atoms. The average molecular weight is 464 g/mol. The Bertz CT molecular complexity index is 483. The molecule has 0 aliphatic rings. The summed E-state index contributed by atoms with van der Waals surface area (Å²) in [6.07, 6.45) is -1.02. The molecule has 0 bridgehead atoms. The highest BCUT2D eigenvalue weighted by Crippen LogP contribution is 2.08. The maximum absolute atomic E-state index is 11.7. The highest BCUT2D eigenvalue weighted by atomic mass is 17.1. The van der Waals surface area contributed by atoms with Gasteiger partial charge in [0.2, 0.25) is 0 Å². The lowest BCUT2D eigenvalue weighted by Crippen LogP contribution is -2.38. The van der Waals surface area contributed by atoms with Crippen molar-refractivity contribution in [2.24, 2.45) is 5.73 Å². The summed E-state index contributed by atoms with van der Waals surface area (Å²) >= 11 is 0. The molecule has 0 aromatic rings. The van der Waals surface area contributed by atoms with E-state index >= 15 is 0 Å². The number of nitrogens with zero attached hydrogens (tertiary/aromatic N) is 3. The van der Waals surface area contributed by atoms with E-state index in [1.54, 1.807) is 0 Å². The highest BCUT2D eigenvalue weighted by Gasteiger charge is 2.19. The molecular formula is C13H28N4O14. The minimum Gasteiger partial charge on any atom is -0.463 e. The summed E-state index contributed by atoms with van der Waals surface area (Å²) in [6, 6.07) is -1.23. The minimum atomic E-state index is -1.23. The lowest BCUT2D eigenvalue weighted by Gasteiger charge is -2.18. The SMILES string of the molecule is NC(COC(=O)CCCC(CON(O)O)ON(O)O)C(=O)OCCOCCON(O)O. The fourth-order valence-electron chi connectivity index (χ4n) is 1.83. The van der Waals surface area contributed by atoms with Crippen LogP contribution in [-0.2, 0) is 38.3 Å². The molecule has 0 radical (unpaired) electrons. The second-order valence-electron chi connectivity index (χ2n) is 5.58. The second kappa shape index (κ2) is 18.0. The summed E-state index contributed by atoms with van der Waals surface area (Å²) in [6.45, 7) is -1.20. The Hall–Kier alpha value is -1.62. The van der Waals surface area contributed by atoms with Gasteiger partial charge in [-0.25, -0.2) is 14.5 Å². The van der Waals surface area contributed by atoms with Gasteiger partial charge >= 0.3 is 11.9 Å². The van der Waals surface area contributed by atoms with Crippen LogP contribution >= 0.6 is 0 Å². The summed E-state index contributed by atoms with van der Waals surface area (Å²) in [4.78, 5) is 36.3. The molecule has 18 nitrogen and oxygen atoms in total. The first-order valence-corrected chi connectivity index (χ1v) is 8.73. The molecule has 2 unspecified atom stereocenters. The van der Waals surface area contributed by atoms with Gasteiger partial charge in [0.1, 0.15) is 32.0 Å². The van der Waals surface area contributed by atoms with Crippen LogP contribution < -0.4 is 5.73 Å². The molecule has 0 rings (SSSR count). The Morgan fingerprint density at radius 2 is 1.45 bits per heavy atom. The summed E-state index contributed by atoms with van der Waals surface area (Å²) < 4.78 is 14.6. The Balaban J connectivity index is 3.91. The van der Waals surface area contributed by atoms with E-state index in [0.717, 1.165) is 0 Å². The van der Waals surface area contributed by atoms with Gasteiger partial charge in [-0.1, -0.05) is 0 Å². The third kappa shape index (κ3) is 18.8. The van der Waals surface area contributed by atoms with Crippen LogP contribution in [0.25, 0.3) is 0 Å². The van der Waals surface area contributed by atoms with Crippen LogP contribution in [0.5, 0.6) is 0 Å². The van der Waals surface area contributed by atoms with Crippen LogP contribution in [0.15, 0.2) is 0 Å². The van der Waals surface area contributed by atoms with E-state index < -0.39 is 53.5 Å². The van der Waals surface area contributed by atoms with Gasteiger partial charge in [0.25, 0.3) is 0 Å². The zero-order chi connectivity index (χ0) is 23.6. The molecule has 0 aliphatic carbocycles. The van der Waals surface area contributed by atoms with Gasteiger partial charge in [-0.2, -0.15) is 0 Å². The van der Waals surface area contributed by atoms with E-state index in [9.17, 15) is 9.59 Å². The first-order chi connectivity index (χ1) is 14.6. The predicted octanol–water partition coefficient (Wildman–Crippen LogP) is -2.01. The molecule has 0 aromatic carbocycles. The Kier molecular flexibility index (Phi) is 17.1. The number of ether oxygens (including phenoxy) is 3. The summed E-state index contributed by atoms with van der Waals surface area (Å²) in [5, 5.41) is 49.0. The van der Waals surface area contributed by atoms with Crippen LogP contribution in [-0.4, -0.2) is 111 Å². The minimum absolute atomic E-state index is 0.00373. The van der Waals surface area contributed by atoms with Crippen LogP contribution in [0, 0.1) is 0 Å². The number of hydrogen-bond donors (Lipinski definition) is 7. The molecule has 0 saturated carbocycles. The molecule has 0 amide bonds. The number of esters is 2. The standard InChI is InChI=1S/C13H28N4O14/c14-11(13(19)27-6-4-26-5-7-29-15(20)21)9-28-12(18)3-1-2-10(31-17(24)25)8-30-16(22)23/h10-11,20-25H,1-9,14H2. The van der Waals surface area contributed by atoms with Crippen LogP contribution in [0.1, 0.15) is 19.3 Å². The van der Waals surface area contributed by atoms with Gasteiger partial charge in [0.05, 0.1) is 36.0 Å². The average Bonchev–Trinajstić information content (AvgIpc) is 2.68. The third-order valence-electron chi connectivity index (χ3n) is 3.16. The number of nitrogens with two attached hydrogens (primary N) is 1. The van der Waals surface area contributed by atoms with Crippen molar-refractivity contribution >= 4 is 11.9 Å². The van der Waals surface area contributed by atoms with Gasteiger partial charge in [-0.05, 0) is 12.8 Å². The molecule has 0 fully saturated rings.